The molecule has 3 nitrogen and oxygen atoms in total. The van der Waals surface area contributed by atoms with E-state index in [1.165, 1.54) is 12.1 Å². The van der Waals surface area contributed by atoms with Gasteiger partial charge in [0.05, 0.1) is 6.04 Å². The average molecular weight is 368 g/mol. The zero-order valence-corrected chi connectivity index (χ0v) is 14.0. The number of aromatic nitrogens is 1. The zero-order valence-electron chi connectivity index (χ0n) is 11.6. The lowest BCUT2D eigenvalue weighted by molar-refractivity contribution is 0.381. The molecule has 6 heteroatoms. The summed E-state index contributed by atoms with van der Waals surface area (Å²) < 4.78 is 14.0. The predicted octanol–water partition coefficient (Wildman–Crippen LogP) is 4.26. The van der Waals surface area contributed by atoms with Gasteiger partial charge in [-0.15, -0.1) is 11.3 Å². The van der Waals surface area contributed by atoms with Crippen LogP contribution in [0.5, 0.6) is 0 Å². The Morgan fingerprint density at radius 2 is 2.33 bits per heavy atom. The number of amidine groups is 1. The van der Waals surface area contributed by atoms with Gasteiger partial charge in [-0.25, -0.2) is 9.37 Å². The van der Waals surface area contributed by atoms with Gasteiger partial charge in [0.15, 0.2) is 10.8 Å². The maximum atomic E-state index is 13.2. The van der Waals surface area contributed by atoms with Crippen LogP contribution in [0, 0.1) is 5.82 Å². The fourth-order valence-electron chi connectivity index (χ4n) is 2.51. The quantitative estimate of drug-likeness (QED) is 0.810. The Kier molecular flexibility index (Phi) is 4.35. The average Bonchev–Trinajstić information content (AvgIpc) is 3.01. The summed E-state index contributed by atoms with van der Waals surface area (Å²) in [4.78, 5) is 11.5. The Hall–Kier alpha value is -1.27. The van der Waals surface area contributed by atoms with Crippen molar-refractivity contribution in [2.45, 2.75) is 19.4 Å². The van der Waals surface area contributed by atoms with Crippen LogP contribution in [0.25, 0.3) is 0 Å². The molecule has 1 unspecified atom stereocenters. The molecule has 0 spiro atoms. The van der Waals surface area contributed by atoms with E-state index in [4.69, 9.17) is 4.99 Å². The monoisotopic (exact) mass is 367 g/mol. The first kappa shape index (κ1) is 14.7. The summed E-state index contributed by atoms with van der Waals surface area (Å²) in [5, 5.41) is 2.91. The van der Waals surface area contributed by atoms with Crippen LogP contribution in [0.1, 0.15) is 30.0 Å². The van der Waals surface area contributed by atoms with Crippen LogP contribution in [0.15, 0.2) is 39.2 Å². The van der Waals surface area contributed by atoms with Gasteiger partial charge in [0.2, 0.25) is 0 Å². The van der Waals surface area contributed by atoms with Crippen molar-refractivity contribution < 1.29 is 4.39 Å². The number of halogens is 2. The molecule has 0 aliphatic carbocycles. The van der Waals surface area contributed by atoms with Crippen LogP contribution in [0.2, 0.25) is 0 Å². The van der Waals surface area contributed by atoms with Crippen molar-refractivity contribution in [3.05, 3.63) is 50.6 Å². The predicted molar refractivity (Wildman–Crippen MR) is 87.4 cm³/mol. The fraction of sp³-hybridized carbons (Fsp3) is 0.333. The third-order valence-corrected chi connectivity index (χ3v) is 5.03. The number of hydrogen-bond donors (Lipinski definition) is 0. The Morgan fingerprint density at radius 1 is 1.48 bits per heavy atom. The molecule has 1 aromatic carbocycles. The van der Waals surface area contributed by atoms with Crippen molar-refractivity contribution in [1.29, 1.82) is 0 Å². The number of nitrogens with zero attached hydrogens (tertiary/aromatic N) is 3. The summed E-state index contributed by atoms with van der Waals surface area (Å²) >= 11 is 5.04. The van der Waals surface area contributed by atoms with Crippen molar-refractivity contribution in [3.8, 4) is 0 Å². The van der Waals surface area contributed by atoms with Crippen molar-refractivity contribution in [1.82, 2.24) is 9.88 Å². The maximum absolute atomic E-state index is 13.2. The minimum Gasteiger partial charge on any atom is -0.355 e. The summed E-state index contributed by atoms with van der Waals surface area (Å²) in [5.74, 6) is 0.709. The highest BCUT2D eigenvalue weighted by atomic mass is 79.9. The molecule has 110 valence electrons. The molecule has 2 heterocycles. The lowest BCUT2D eigenvalue weighted by Gasteiger charge is -2.31. The van der Waals surface area contributed by atoms with Gasteiger partial charge in [-0.3, -0.25) is 4.99 Å². The van der Waals surface area contributed by atoms with E-state index in [1.807, 2.05) is 11.4 Å². The third kappa shape index (κ3) is 3.01. The second kappa shape index (κ2) is 6.23. The van der Waals surface area contributed by atoms with Crippen LogP contribution in [-0.4, -0.2) is 28.8 Å². The SMILES string of the molecule is CCN1CCC(c2ccc(F)cc2Br)N=C1c1nccs1. The van der Waals surface area contributed by atoms with Gasteiger partial charge in [0.1, 0.15) is 5.82 Å². The van der Waals surface area contributed by atoms with Crippen LogP contribution < -0.4 is 0 Å². The van der Waals surface area contributed by atoms with Crippen molar-refractivity contribution in [2.24, 2.45) is 4.99 Å². The lowest BCUT2D eigenvalue weighted by Crippen LogP contribution is -2.37. The van der Waals surface area contributed by atoms with Gasteiger partial charge in [-0.1, -0.05) is 22.0 Å². The Labute approximate surface area is 135 Å². The Morgan fingerprint density at radius 3 is 3.00 bits per heavy atom. The molecule has 0 saturated carbocycles. The summed E-state index contributed by atoms with van der Waals surface area (Å²) in [6.45, 7) is 3.97. The molecule has 21 heavy (non-hydrogen) atoms. The maximum Gasteiger partial charge on any atom is 0.161 e. The highest BCUT2D eigenvalue weighted by Crippen LogP contribution is 2.33. The van der Waals surface area contributed by atoms with E-state index in [0.717, 1.165) is 40.4 Å². The van der Waals surface area contributed by atoms with E-state index in [0.29, 0.717) is 0 Å². The van der Waals surface area contributed by atoms with Crippen LogP contribution in [-0.2, 0) is 0 Å². The highest BCUT2D eigenvalue weighted by Gasteiger charge is 2.25. The molecular formula is C15H15BrFN3S. The molecule has 1 aromatic heterocycles. The molecule has 1 aliphatic heterocycles. The summed E-state index contributed by atoms with van der Waals surface area (Å²) in [6.07, 6.45) is 2.72. The Balaban J connectivity index is 1.99. The van der Waals surface area contributed by atoms with E-state index in [9.17, 15) is 4.39 Å². The van der Waals surface area contributed by atoms with Crippen molar-refractivity contribution >= 4 is 33.1 Å². The number of hydrogen-bond acceptors (Lipinski definition) is 4. The van der Waals surface area contributed by atoms with E-state index in [2.05, 4.69) is 32.7 Å². The zero-order chi connectivity index (χ0) is 14.8. The van der Waals surface area contributed by atoms with E-state index < -0.39 is 0 Å². The first-order valence-electron chi connectivity index (χ1n) is 6.86. The summed E-state index contributed by atoms with van der Waals surface area (Å²) in [7, 11) is 0. The smallest absolute Gasteiger partial charge is 0.161 e. The number of thiazole rings is 1. The highest BCUT2D eigenvalue weighted by molar-refractivity contribution is 9.10. The molecule has 0 fully saturated rings. The summed E-state index contributed by atoms with van der Waals surface area (Å²) in [5.41, 5.74) is 1.03. The topological polar surface area (TPSA) is 28.5 Å². The molecule has 1 aliphatic rings. The van der Waals surface area contributed by atoms with Crippen molar-refractivity contribution in [2.75, 3.05) is 13.1 Å². The largest absolute Gasteiger partial charge is 0.355 e. The van der Waals surface area contributed by atoms with Gasteiger partial charge in [0, 0.05) is 29.1 Å². The van der Waals surface area contributed by atoms with Gasteiger partial charge in [-0.05, 0) is 31.0 Å². The molecule has 1 atom stereocenters. The van der Waals surface area contributed by atoms with E-state index in [-0.39, 0.29) is 11.9 Å². The third-order valence-electron chi connectivity index (χ3n) is 3.58. The molecule has 2 aromatic rings. The van der Waals surface area contributed by atoms with Gasteiger partial charge < -0.3 is 4.90 Å². The second-order valence-corrected chi connectivity index (χ2v) is 6.59. The molecule has 0 saturated heterocycles. The summed E-state index contributed by atoms with van der Waals surface area (Å²) in [6, 6.07) is 4.85. The normalized spacial score (nSPS) is 18.7. The lowest BCUT2D eigenvalue weighted by atomic mass is 10.0. The molecule has 3 rings (SSSR count). The van der Waals surface area contributed by atoms with Crippen LogP contribution >= 0.6 is 27.3 Å². The van der Waals surface area contributed by atoms with Crippen LogP contribution in [0.3, 0.4) is 0 Å². The van der Waals surface area contributed by atoms with Gasteiger partial charge in [-0.2, -0.15) is 0 Å². The first-order chi connectivity index (χ1) is 10.2. The number of aliphatic imine (C=N–C) groups is 1. The number of benzene rings is 1. The fourth-order valence-corrected chi connectivity index (χ4v) is 3.78. The molecular weight excluding hydrogens is 353 g/mol. The van der Waals surface area contributed by atoms with Crippen molar-refractivity contribution in [3.63, 3.8) is 0 Å². The minimum atomic E-state index is -0.235. The van der Waals surface area contributed by atoms with Gasteiger partial charge in [0.25, 0.3) is 0 Å². The molecule has 0 radical (unpaired) electrons. The molecule has 0 bridgehead atoms. The minimum absolute atomic E-state index is 0.0432. The first-order valence-corrected chi connectivity index (χ1v) is 8.54. The molecule has 0 amide bonds. The van der Waals surface area contributed by atoms with Gasteiger partial charge >= 0.3 is 0 Å². The number of rotatable bonds is 3. The molecule has 0 N–H and O–H groups in total. The van der Waals surface area contributed by atoms with E-state index >= 15 is 0 Å². The van der Waals surface area contributed by atoms with Crippen LogP contribution in [0.4, 0.5) is 4.39 Å². The standard InChI is InChI=1S/C15H15BrFN3S/c1-2-20-7-5-13(11-4-3-10(17)9-12(11)16)19-14(20)15-18-6-8-21-15/h3-4,6,8-9,13H,2,5,7H2,1H3. The second-order valence-electron chi connectivity index (χ2n) is 4.84. The van der Waals surface area contributed by atoms with E-state index in [1.54, 1.807) is 17.5 Å². The Bertz CT molecular complexity index is 657.